The highest BCUT2D eigenvalue weighted by Crippen LogP contribution is 2.43. The maximum Gasteiger partial charge on any atom is 0.319 e. The van der Waals surface area contributed by atoms with Gasteiger partial charge in [-0.15, -0.1) is 0 Å². The predicted octanol–water partition coefficient (Wildman–Crippen LogP) is 2.90. The number of fused-ring (bicyclic) bond motifs is 1. The molecule has 1 atom stereocenters. The number of H-pyrrole nitrogens is 1. The second-order valence-corrected chi connectivity index (χ2v) is 10.9. The van der Waals surface area contributed by atoms with E-state index in [1.807, 2.05) is 24.0 Å². The van der Waals surface area contributed by atoms with Crippen LogP contribution in [0.4, 0.5) is 5.82 Å². The monoisotopic (exact) mass is 512 g/mol. The summed E-state index contributed by atoms with van der Waals surface area (Å²) >= 11 is 0. The van der Waals surface area contributed by atoms with E-state index < -0.39 is 0 Å². The maximum absolute atomic E-state index is 12.1. The zero-order valence-corrected chi connectivity index (χ0v) is 21.9. The van der Waals surface area contributed by atoms with Crippen LogP contribution < -0.4 is 9.64 Å². The quantitative estimate of drug-likeness (QED) is 0.502. The van der Waals surface area contributed by atoms with Gasteiger partial charge in [-0.1, -0.05) is 12.6 Å². The predicted molar refractivity (Wildman–Crippen MR) is 144 cm³/mol. The van der Waals surface area contributed by atoms with Crippen molar-refractivity contribution in [2.24, 2.45) is 5.41 Å². The Balaban J connectivity index is 1.39. The maximum atomic E-state index is 12.1. The third kappa shape index (κ3) is 4.07. The van der Waals surface area contributed by atoms with E-state index in [1.165, 1.54) is 6.08 Å². The van der Waals surface area contributed by atoms with Crippen LogP contribution in [0.3, 0.4) is 0 Å². The summed E-state index contributed by atoms with van der Waals surface area (Å²) in [6.07, 6.45) is 6.30. The molecule has 38 heavy (non-hydrogen) atoms. The smallest absolute Gasteiger partial charge is 0.319 e. The molecule has 3 aliphatic heterocycles. The normalized spacial score (nSPS) is 20.6. The van der Waals surface area contributed by atoms with Gasteiger partial charge in [0.05, 0.1) is 17.4 Å². The summed E-state index contributed by atoms with van der Waals surface area (Å²) in [7, 11) is 2.11. The summed E-state index contributed by atoms with van der Waals surface area (Å²) in [6.45, 7) is 10.0. The molecule has 0 radical (unpaired) electrons. The molecule has 2 aromatic heterocycles. The van der Waals surface area contributed by atoms with Crippen LogP contribution in [-0.4, -0.2) is 88.3 Å². The van der Waals surface area contributed by atoms with Crippen LogP contribution >= 0.6 is 0 Å². The van der Waals surface area contributed by atoms with Gasteiger partial charge in [0.15, 0.2) is 5.82 Å². The van der Waals surface area contributed by atoms with E-state index in [2.05, 4.69) is 39.7 Å². The molecule has 1 aromatic carbocycles. The average Bonchev–Trinajstić information content (AvgIpc) is 3.65. The highest BCUT2D eigenvalue weighted by molar-refractivity contribution is 5.97. The summed E-state index contributed by atoms with van der Waals surface area (Å²) in [4.78, 5) is 28.0. The number of benzene rings is 1. The number of nitrogens with zero attached hydrogens (tertiary/aromatic N) is 7. The topological polar surface area (TPSA) is 114 Å². The number of amides is 1. The molecule has 1 spiro atoms. The summed E-state index contributed by atoms with van der Waals surface area (Å²) < 4.78 is 6.22. The minimum absolute atomic E-state index is 0.00454. The van der Waals surface area contributed by atoms with Gasteiger partial charge in [-0.05, 0) is 57.5 Å². The van der Waals surface area contributed by atoms with E-state index in [9.17, 15) is 10.1 Å². The van der Waals surface area contributed by atoms with Crippen molar-refractivity contribution in [1.29, 1.82) is 5.26 Å². The molecule has 5 heterocycles. The van der Waals surface area contributed by atoms with Crippen molar-refractivity contribution in [3.05, 3.63) is 42.1 Å². The van der Waals surface area contributed by atoms with Crippen LogP contribution in [0.5, 0.6) is 6.01 Å². The number of aromatic nitrogens is 4. The average molecular weight is 513 g/mol. The molecule has 3 saturated heterocycles. The highest BCUT2D eigenvalue weighted by Gasteiger charge is 2.49. The summed E-state index contributed by atoms with van der Waals surface area (Å²) in [6, 6.07) is 7.02. The van der Waals surface area contributed by atoms with Crippen LogP contribution in [0.2, 0.25) is 0 Å². The van der Waals surface area contributed by atoms with E-state index in [-0.39, 0.29) is 17.3 Å². The van der Waals surface area contributed by atoms with Crippen molar-refractivity contribution < 1.29 is 9.53 Å². The van der Waals surface area contributed by atoms with Crippen LogP contribution in [-0.2, 0) is 4.79 Å². The Kier molecular flexibility index (Phi) is 6.03. The number of likely N-dealkylation sites (N-methyl/N-ethyl adjacent to an activating group) is 1. The van der Waals surface area contributed by atoms with E-state index in [0.717, 1.165) is 60.9 Å². The number of anilines is 1. The number of rotatable bonds is 6. The van der Waals surface area contributed by atoms with Gasteiger partial charge >= 0.3 is 6.01 Å². The molecule has 1 N–H and O–H groups in total. The van der Waals surface area contributed by atoms with E-state index in [1.54, 1.807) is 6.20 Å². The van der Waals surface area contributed by atoms with E-state index in [4.69, 9.17) is 14.7 Å². The van der Waals surface area contributed by atoms with Crippen molar-refractivity contribution in [2.75, 3.05) is 51.3 Å². The van der Waals surface area contributed by atoms with E-state index >= 15 is 0 Å². The zero-order chi connectivity index (χ0) is 26.4. The molecule has 3 aromatic rings. The summed E-state index contributed by atoms with van der Waals surface area (Å²) in [5.41, 5.74) is 3.74. The largest absolute Gasteiger partial charge is 0.462 e. The molecule has 10 nitrogen and oxygen atoms in total. The van der Waals surface area contributed by atoms with Crippen LogP contribution in [0, 0.1) is 23.7 Å². The first-order valence-electron chi connectivity index (χ1n) is 13.2. The second kappa shape index (κ2) is 9.40. The summed E-state index contributed by atoms with van der Waals surface area (Å²) in [5.74, 6) is 0.560. The zero-order valence-electron chi connectivity index (χ0n) is 21.9. The Hall–Kier alpha value is -3.97. The number of likely N-dealkylation sites (tertiary alicyclic amines) is 2. The third-order valence-electron chi connectivity index (χ3n) is 8.40. The molecule has 196 valence electrons. The molecule has 1 amide bonds. The minimum Gasteiger partial charge on any atom is -0.462 e. The molecule has 0 saturated carbocycles. The lowest BCUT2D eigenvalue weighted by molar-refractivity contribution is -0.136. The molecule has 0 aliphatic carbocycles. The van der Waals surface area contributed by atoms with Gasteiger partial charge in [-0.3, -0.25) is 9.89 Å². The number of hydrogen-bond donors (Lipinski definition) is 1. The van der Waals surface area contributed by atoms with Gasteiger partial charge in [0, 0.05) is 48.6 Å². The standard InChI is InChI=1S/C28H32N8O2/c1-4-23(37)36-16-28(17-36)9-11-35(15-28)26-20(12-29)25(24-18(2)7-8-22-21(24)13-30-33-22)31-27(32-26)38-14-19-6-5-10-34(19)3/h4,7-8,13,19H,1,5-6,9-11,14-17H2,2-3H3,(H,30,33). The van der Waals surface area contributed by atoms with Crippen molar-refractivity contribution in [2.45, 2.75) is 32.2 Å². The molecule has 1 unspecified atom stereocenters. The Morgan fingerprint density at radius 2 is 2.16 bits per heavy atom. The summed E-state index contributed by atoms with van der Waals surface area (Å²) in [5, 5.41) is 18.6. The first-order chi connectivity index (χ1) is 18.4. The number of aromatic amines is 1. The highest BCUT2D eigenvalue weighted by atomic mass is 16.5. The lowest BCUT2D eigenvalue weighted by Crippen LogP contribution is -2.59. The lowest BCUT2D eigenvalue weighted by atomic mass is 9.79. The lowest BCUT2D eigenvalue weighted by Gasteiger charge is -2.47. The number of carbonyl (C=O) groups is 1. The minimum atomic E-state index is -0.0349. The number of nitrogens with one attached hydrogen (secondary N) is 1. The molecule has 3 fully saturated rings. The Labute approximate surface area is 221 Å². The van der Waals surface area contributed by atoms with Gasteiger partial charge < -0.3 is 19.4 Å². The Morgan fingerprint density at radius 1 is 1.32 bits per heavy atom. The number of aryl methyl sites for hydroxylation is 1. The number of nitriles is 1. The van der Waals surface area contributed by atoms with Crippen LogP contribution in [0.15, 0.2) is 31.0 Å². The Morgan fingerprint density at radius 3 is 2.89 bits per heavy atom. The molecule has 0 bridgehead atoms. The fraction of sp³-hybridized carbons (Fsp3) is 0.464. The first-order valence-corrected chi connectivity index (χ1v) is 13.2. The molecular weight excluding hydrogens is 480 g/mol. The van der Waals surface area contributed by atoms with Gasteiger partial charge in [0.25, 0.3) is 0 Å². The number of ether oxygens (including phenoxy) is 1. The number of hydrogen-bond acceptors (Lipinski definition) is 8. The van der Waals surface area contributed by atoms with Crippen LogP contribution in [0.25, 0.3) is 22.2 Å². The number of carbonyl (C=O) groups excluding carboxylic acids is 1. The molecule has 10 heteroatoms. The second-order valence-electron chi connectivity index (χ2n) is 10.9. The van der Waals surface area contributed by atoms with Gasteiger partial charge in [-0.25, -0.2) is 0 Å². The molecule has 3 aliphatic rings. The van der Waals surface area contributed by atoms with Gasteiger partial charge in [-0.2, -0.15) is 20.3 Å². The first kappa shape index (κ1) is 24.4. The van der Waals surface area contributed by atoms with Crippen LogP contribution in [0.1, 0.15) is 30.4 Å². The van der Waals surface area contributed by atoms with Gasteiger partial charge in [0.1, 0.15) is 18.2 Å². The van der Waals surface area contributed by atoms with Crippen molar-refractivity contribution >= 4 is 22.6 Å². The van der Waals surface area contributed by atoms with Crippen molar-refractivity contribution in [1.82, 2.24) is 30.0 Å². The fourth-order valence-corrected chi connectivity index (χ4v) is 6.23. The van der Waals surface area contributed by atoms with E-state index in [0.29, 0.717) is 42.8 Å². The molecule has 6 rings (SSSR count). The Bertz CT molecular complexity index is 1450. The van der Waals surface area contributed by atoms with Crippen molar-refractivity contribution in [3.8, 4) is 23.3 Å². The van der Waals surface area contributed by atoms with Gasteiger partial charge in [0.2, 0.25) is 5.91 Å². The molecular formula is C28H32N8O2. The fourth-order valence-electron chi connectivity index (χ4n) is 6.23. The third-order valence-corrected chi connectivity index (χ3v) is 8.40. The SMILES string of the molecule is C=CC(=O)N1CC2(CCN(c3nc(OCC4CCCN4C)nc(-c4c(C)ccc5[nH]ncc45)c3C#N)C2)C1. The van der Waals surface area contributed by atoms with Crippen molar-refractivity contribution in [3.63, 3.8) is 0 Å².